The Hall–Kier alpha value is -3.87. The first-order valence-electron chi connectivity index (χ1n) is 9.11. The van der Waals surface area contributed by atoms with Crippen LogP contribution in [-0.2, 0) is 9.63 Å². The Balaban J connectivity index is 1.36. The van der Waals surface area contributed by atoms with E-state index in [0.717, 1.165) is 11.3 Å². The molecule has 0 aromatic heterocycles. The number of carbonyl (C=O) groups excluding carboxylic acids is 1. The van der Waals surface area contributed by atoms with Gasteiger partial charge in [0, 0.05) is 6.08 Å². The van der Waals surface area contributed by atoms with E-state index >= 15 is 0 Å². The van der Waals surface area contributed by atoms with Crippen molar-refractivity contribution in [1.29, 1.82) is 5.41 Å². The highest BCUT2D eigenvalue weighted by molar-refractivity contribution is 6.32. The van der Waals surface area contributed by atoms with E-state index in [1.54, 1.807) is 31.2 Å². The standard InChI is InChI=1S/C22H19N3O4/c1-15-13-20-24-22(26)19(21(23)25(20)29-15)14-16-7-9-18(10-8-16)28-12-11-27-17-5-3-2-4-6-17/h2-10,13-14,23H,11-12H2,1H3/b19-14-,23-21?. The second-order valence-electron chi connectivity index (χ2n) is 6.40. The summed E-state index contributed by atoms with van der Waals surface area (Å²) in [6.45, 7) is 2.59. The van der Waals surface area contributed by atoms with Crippen LogP contribution in [0.4, 0.5) is 0 Å². The second-order valence-corrected chi connectivity index (χ2v) is 6.40. The van der Waals surface area contributed by atoms with Crippen molar-refractivity contribution < 1.29 is 19.1 Å². The number of para-hydroxylation sites is 1. The number of amidine groups is 2. The van der Waals surface area contributed by atoms with Gasteiger partial charge in [0.2, 0.25) is 0 Å². The number of ether oxygens (including phenoxy) is 2. The Morgan fingerprint density at radius 3 is 2.38 bits per heavy atom. The maximum Gasteiger partial charge on any atom is 0.282 e. The molecule has 4 rings (SSSR count). The lowest BCUT2D eigenvalue weighted by molar-refractivity contribution is -0.114. The zero-order valence-electron chi connectivity index (χ0n) is 15.8. The van der Waals surface area contributed by atoms with Crippen molar-refractivity contribution in [3.05, 3.63) is 77.6 Å². The van der Waals surface area contributed by atoms with Gasteiger partial charge in [-0.25, -0.2) is 0 Å². The Kier molecular flexibility index (Phi) is 5.11. The molecular formula is C22H19N3O4. The minimum atomic E-state index is -0.464. The van der Waals surface area contributed by atoms with Crippen LogP contribution in [0.5, 0.6) is 11.5 Å². The molecule has 2 heterocycles. The summed E-state index contributed by atoms with van der Waals surface area (Å²) < 4.78 is 11.3. The van der Waals surface area contributed by atoms with E-state index in [2.05, 4.69) is 4.99 Å². The van der Waals surface area contributed by atoms with Gasteiger partial charge in [0.25, 0.3) is 5.91 Å². The molecule has 2 aliphatic heterocycles. The van der Waals surface area contributed by atoms with Crippen molar-refractivity contribution >= 4 is 23.7 Å². The summed E-state index contributed by atoms with van der Waals surface area (Å²) in [6.07, 6.45) is 3.24. The summed E-state index contributed by atoms with van der Waals surface area (Å²) in [5, 5.41) is 9.47. The molecule has 0 spiro atoms. The maximum absolute atomic E-state index is 12.3. The molecule has 0 aliphatic carbocycles. The molecule has 0 saturated heterocycles. The predicted octanol–water partition coefficient (Wildman–Crippen LogP) is 3.59. The van der Waals surface area contributed by atoms with E-state index in [1.165, 1.54) is 5.06 Å². The predicted molar refractivity (Wildman–Crippen MR) is 109 cm³/mol. The van der Waals surface area contributed by atoms with Crippen molar-refractivity contribution in [2.45, 2.75) is 6.92 Å². The van der Waals surface area contributed by atoms with Gasteiger partial charge in [0.1, 0.15) is 30.5 Å². The number of nitrogens with zero attached hydrogens (tertiary/aromatic N) is 2. The largest absolute Gasteiger partial charge is 0.490 e. The number of fused-ring (bicyclic) bond motifs is 1. The van der Waals surface area contributed by atoms with Crippen LogP contribution in [0.25, 0.3) is 6.08 Å². The summed E-state index contributed by atoms with van der Waals surface area (Å²) in [5.41, 5.74) is 0.926. The number of hydroxylamine groups is 2. The molecule has 29 heavy (non-hydrogen) atoms. The van der Waals surface area contributed by atoms with Crippen molar-refractivity contribution in [2.75, 3.05) is 13.2 Å². The van der Waals surface area contributed by atoms with E-state index in [0.29, 0.717) is 30.6 Å². The molecule has 7 nitrogen and oxygen atoms in total. The number of nitrogens with one attached hydrogen (secondary N) is 1. The molecule has 0 saturated carbocycles. The van der Waals surface area contributed by atoms with Gasteiger partial charge < -0.3 is 14.3 Å². The van der Waals surface area contributed by atoms with Crippen LogP contribution in [0.15, 0.2) is 77.0 Å². The summed E-state index contributed by atoms with van der Waals surface area (Å²) >= 11 is 0. The van der Waals surface area contributed by atoms with Crippen molar-refractivity contribution in [2.24, 2.45) is 4.99 Å². The SMILES string of the molecule is CC1=CC2=NC(=O)/C(=C\c3ccc(OCCOc4ccccc4)cc3)C(=N)N2O1. The first kappa shape index (κ1) is 18.5. The summed E-state index contributed by atoms with van der Waals surface area (Å²) in [6, 6.07) is 16.8. The number of hydrogen-bond acceptors (Lipinski definition) is 5. The van der Waals surface area contributed by atoms with Crippen molar-refractivity contribution in [1.82, 2.24) is 5.06 Å². The monoisotopic (exact) mass is 389 g/mol. The highest BCUT2D eigenvalue weighted by Crippen LogP contribution is 2.24. The fraction of sp³-hybridized carbons (Fsp3) is 0.136. The molecule has 1 amide bonds. The van der Waals surface area contributed by atoms with Gasteiger partial charge in [-0.2, -0.15) is 4.99 Å². The molecule has 1 N–H and O–H groups in total. The third-order valence-electron chi connectivity index (χ3n) is 4.24. The van der Waals surface area contributed by atoms with E-state index < -0.39 is 5.91 Å². The highest BCUT2D eigenvalue weighted by atomic mass is 16.7. The van der Waals surface area contributed by atoms with Crippen LogP contribution < -0.4 is 9.47 Å². The quantitative estimate of drug-likeness (QED) is 0.603. The molecule has 146 valence electrons. The van der Waals surface area contributed by atoms with Crippen LogP contribution in [0.3, 0.4) is 0 Å². The molecule has 2 aromatic rings. The molecule has 7 heteroatoms. The lowest BCUT2D eigenvalue weighted by Gasteiger charge is -2.22. The summed E-state index contributed by atoms with van der Waals surface area (Å²) in [5.74, 6) is 1.91. The van der Waals surface area contributed by atoms with E-state index in [4.69, 9.17) is 19.7 Å². The molecular weight excluding hydrogens is 370 g/mol. The van der Waals surface area contributed by atoms with Crippen LogP contribution in [0.1, 0.15) is 12.5 Å². The third kappa shape index (κ3) is 4.19. The van der Waals surface area contributed by atoms with E-state index in [1.807, 2.05) is 42.5 Å². The zero-order chi connectivity index (χ0) is 20.2. The third-order valence-corrected chi connectivity index (χ3v) is 4.24. The molecule has 0 bridgehead atoms. The van der Waals surface area contributed by atoms with Gasteiger partial charge in [-0.15, -0.1) is 5.06 Å². The van der Waals surface area contributed by atoms with Crippen molar-refractivity contribution in [3.63, 3.8) is 0 Å². The number of carbonyl (C=O) groups is 1. The zero-order valence-corrected chi connectivity index (χ0v) is 15.8. The number of benzene rings is 2. The molecule has 2 aliphatic rings. The van der Waals surface area contributed by atoms with Gasteiger partial charge in [-0.3, -0.25) is 10.2 Å². The number of hydrogen-bond donors (Lipinski definition) is 1. The fourth-order valence-electron chi connectivity index (χ4n) is 2.86. The minimum Gasteiger partial charge on any atom is -0.490 e. The van der Waals surface area contributed by atoms with Gasteiger partial charge in [-0.1, -0.05) is 30.3 Å². The summed E-state index contributed by atoms with van der Waals surface area (Å²) in [7, 11) is 0. The van der Waals surface area contributed by atoms with Gasteiger partial charge in [0.15, 0.2) is 11.7 Å². The Bertz CT molecular complexity index is 1020. The Morgan fingerprint density at radius 1 is 1.03 bits per heavy atom. The molecule has 0 atom stereocenters. The summed E-state index contributed by atoms with van der Waals surface area (Å²) in [4.78, 5) is 21.7. The number of rotatable bonds is 6. The molecule has 0 radical (unpaired) electrons. The maximum atomic E-state index is 12.3. The van der Waals surface area contributed by atoms with Crippen LogP contribution in [0, 0.1) is 5.41 Å². The fourth-order valence-corrected chi connectivity index (χ4v) is 2.86. The normalized spacial score (nSPS) is 16.9. The average molecular weight is 389 g/mol. The van der Waals surface area contributed by atoms with E-state index in [-0.39, 0.29) is 11.4 Å². The number of amides is 1. The highest BCUT2D eigenvalue weighted by Gasteiger charge is 2.34. The Labute approximate surface area is 168 Å². The molecule has 0 fully saturated rings. The van der Waals surface area contributed by atoms with Gasteiger partial charge >= 0.3 is 0 Å². The lowest BCUT2D eigenvalue weighted by Crippen LogP contribution is -2.38. The van der Waals surface area contributed by atoms with E-state index in [9.17, 15) is 4.79 Å². The van der Waals surface area contributed by atoms with Gasteiger partial charge in [-0.05, 0) is 42.8 Å². The minimum absolute atomic E-state index is 0.0357. The Morgan fingerprint density at radius 2 is 1.69 bits per heavy atom. The second kappa shape index (κ2) is 8.02. The van der Waals surface area contributed by atoms with Crippen LogP contribution in [-0.4, -0.2) is 35.9 Å². The first-order chi connectivity index (χ1) is 14.1. The number of aliphatic imine (C=N–C) groups is 1. The topological polar surface area (TPSA) is 84.2 Å². The van der Waals surface area contributed by atoms with Crippen LogP contribution >= 0.6 is 0 Å². The average Bonchev–Trinajstić information content (AvgIpc) is 3.10. The smallest absolute Gasteiger partial charge is 0.282 e. The first-order valence-corrected chi connectivity index (χ1v) is 9.11. The van der Waals surface area contributed by atoms with Crippen LogP contribution in [0.2, 0.25) is 0 Å². The number of allylic oxidation sites excluding steroid dienone is 1. The van der Waals surface area contributed by atoms with Crippen molar-refractivity contribution in [3.8, 4) is 11.5 Å². The lowest BCUT2D eigenvalue weighted by atomic mass is 10.1. The molecule has 2 aromatic carbocycles. The molecule has 0 unspecified atom stereocenters. The van der Waals surface area contributed by atoms with Gasteiger partial charge in [0.05, 0.1) is 5.57 Å².